The van der Waals surface area contributed by atoms with Crippen molar-refractivity contribution in [2.75, 3.05) is 30.8 Å². The lowest BCUT2D eigenvalue weighted by atomic mass is 9.92. The van der Waals surface area contributed by atoms with E-state index in [1.54, 1.807) is 0 Å². The summed E-state index contributed by atoms with van der Waals surface area (Å²) in [5.74, 6) is 0.701. The molecule has 2 heterocycles. The Hall–Kier alpha value is -1.30. The number of ether oxygens (including phenoxy) is 1. The number of anilines is 2. The minimum Gasteiger partial charge on any atom is -0.465 e. The van der Waals surface area contributed by atoms with E-state index < -0.39 is 5.97 Å². The first-order chi connectivity index (χ1) is 9.17. The van der Waals surface area contributed by atoms with E-state index >= 15 is 0 Å². The zero-order chi connectivity index (χ0) is 13.8. The molecule has 1 aromatic heterocycles. The van der Waals surface area contributed by atoms with E-state index in [2.05, 4.69) is 16.2 Å². The summed E-state index contributed by atoms with van der Waals surface area (Å²) in [5, 5.41) is 0.860. The van der Waals surface area contributed by atoms with Crippen molar-refractivity contribution < 1.29 is 9.53 Å². The second-order valence-electron chi connectivity index (χ2n) is 4.96. The van der Waals surface area contributed by atoms with Gasteiger partial charge in [-0.2, -0.15) is 4.37 Å². The number of hydrogen-bond acceptors (Lipinski definition) is 6. The quantitative estimate of drug-likeness (QED) is 0.860. The molecule has 1 aromatic rings. The molecule has 1 fully saturated rings. The molecule has 6 heteroatoms. The number of piperidine rings is 1. The van der Waals surface area contributed by atoms with Gasteiger partial charge in [-0.05, 0) is 30.3 Å². The zero-order valence-corrected chi connectivity index (χ0v) is 12.3. The van der Waals surface area contributed by atoms with Gasteiger partial charge in [0.05, 0.1) is 7.11 Å². The predicted molar refractivity (Wildman–Crippen MR) is 77.7 cm³/mol. The monoisotopic (exact) mass is 283 g/mol. The SMILES string of the molecule is CCCC1CCN(c2snc(N)c2C(=O)OC)CC1. The highest BCUT2D eigenvalue weighted by atomic mass is 32.1. The molecule has 1 aliphatic heterocycles. The van der Waals surface area contributed by atoms with Crippen molar-refractivity contribution in [2.45, 2.75) is 32.6 Å². The van der Waals surface area contributed by atoms with Crippen LogP contribution in [0.25, 0.3) is 0 Å². The van der Waals surface area contributed by atoms with Crippen LogP contribution in [0.1, 0.15) is 43.0 Å². The summed E-state index contributed by atoms with van der Waals surface area (Å²) in [6, 6.07) is 0. The third-order valence-electron chi connectivity index (χ3n) is 3.69. The highest BCUT2D eigenvalue weighted by Gasteiger charge is 2.27. The molecular formula is C13H21N3O2S. The van der Waals surface area contributed by atoms with Crippen LogP contribution in [0.15, 0.2) is 0 Å². The van der Waals surface area contributed by atoms with Gasteiger partial charge < -0.3 is 15.4 Å². The molecule has 0 spiro atoms. The van der Waals surface area contributed by atoms with Crippen LogP contribution < -0.4 is 10.6 Å². The summed E-state index contributed by atoms with van der Waals surface area (Å²) >= 11 is 1.29. The number of methoxy groups -OCH3 is 1. The topological polar surface area (TPSA) is 68.5 Å². The van der Waals surface area contributed by atoms with Crippen LogP contribution in [-0.2, 0) is 4.74 Å². The van der Waals surface area contributed by atoms with Crippen LogP contribution in [0.3, 0.4) is 0 Å². The van der Waals surface area contributed by atoms with Gasteiger partial charge in [-0.1, -0.05) is 19.8 Å². The number of nitrogens with two attached hydrogens (primary N) is 1. The Labute approximate surface area is 117 Å². The van der Waals surface area contributed by atoms with Gasteiger partial charge >= 0.3 is 5.97 Å². The average molecular weight is 283 g/mol. The second-order valence-corrected chi connectivity index (χ2v) is 5.71. The predicted octanol–water partition coefficient (Wildman–Crippen LogP) is 2.53. The standard InChI is InChI=1S/C13H21N3O2S/c1-3-4-9-5-7-16(8-6-9)12-10(13(17)18-2)11(14)15-19-12/h9H,3-8H2,1-2H3,(H2,14,15). The number of nitrogen functional groups attached to an aromatic ring is 1. The number of carbonyl (C=O) groups is 1. The lowest BCUT2D eigenvalue weighted by Gasteiger charge is -2.32. The minimum absolute atomic E-state index is 0.280. The lowest BCUT2D eigenvalue weighted by molar-refractivity contribution is 0.0603. The molecule has 1 saturated heterocycles. The van der Waals surface area contributed by atoms with Gasteiger partial charge in [-0.3, -0.25) is 0 Å². The average Bonchev–Trinajstić information content (AvgIpc) is 2.81. The van der Waals surface area contributed by atoms with Crippen LogP contribution in [0, 0.1) is 5.92 Å². The van der Waals surface area contributed by atoms with Gasteiger partial charge in [0.25, 0.3) is 0 Å². The number of nitrogens with zero attached hydrogens (tertiary/aromatic N) is 2. The Bertz CT molecular complexity index is 439. The molecule has 106 valence electrons. The van der Waals surface area contributed by atoms with E-state index in [0.29, 0.717) is 5.56 Å². The molecule has 1 aliphatic rings. The highest BCUT2D eigenvalue weighted by Crippen LogP contribution is 2.34. The summed E-state index contributed by atoms with van der Waals surface area (Å²) in [6.45, 7) is 4.16. The van der Waals surface area contributed by atoms with E-state index in [-0.39, 0.29) is 5.82 Å². The van der Waals surface area contributed by atoms with Crippen molar-refractivity contribution in [3.05, 3.63) is 5.56 Å². The van der Waals surface area contributed by atoms with Crippen molar-refractivity contribution in [3.8, 4) is 0 Å². The number of rotatable bonds is 4. The number of aromatic nitrogens is 1. The molecule has 0 saturated carbocycles. The van der Waals surface area contributed by atoms with Gasteiger partial charge in [0.2, 0.25) is 0 Å². The fraction of sp³-hybridized carbons (Fsp3) is 0.692. The molecule has 0 bridgehead atoms. The van der Waals surface area contributed by atoms with Gasteiger partial charge in [0.15, 0.2) is 5.82 Å². The van der Waals surface area contributed by atoms with Crippen molar-refractivity contribution >= 4 is 28.3 Å². The smallest absolute Gasteiger partial charge is 0.344 e. The molecule has 5 nitrogen and oxygen atoms in total. The van der Waals surface area contributed by atoms with E-state index in [0.717, 1.165) is 24.0 Å². The summed E-state index contributed by atoms with van der Waals surface area (Å²) in [5.41, 5.74) is 6.20. The molecular weight excluding hydrogens is 262 g/mol. The van der Waals surface area contributed by atoms with E-state index in [1.165, 1.54) is 44.3 Å². The first-order valence-corrected chi connectivity index (χ1v) is 7.53. The Balaban J connectivity index is 2.09. The van der Waals surface area contributed by atoms with E-state index in [1.807, 2.05) is 0 Å². The maximum atomic E-state index is 11.8. The summed E-state index contributed by atoms with van der Waals surface area (Å²) in [4.78, 5) is 14.0. The maximum absolute atomic E-state index is 11.8. The Morgan fingerprint density at radius 2 is 2.21 bits per heavy atom. The van der Waals surface area contributed by atoms with Gasteiger partial charge in [-0.15, -0.1) is 0 Å². The zero-order valence-electron chi connectivity index (χ0n) is 11.5. The fourth-order valence-electron chi connectivity index (χ4n) is 2.64. The second kappa shape index (κ2) is 6.23. The van der Waals surface area contributed by atoms with Crippen LogP contribution in [0.4, 0.5) is 10.8 Å². The van der Waals surface area contributed by atoms with Crippen molar-refractivity contribution in [2.24, 2.45) is 5.92 Å². The number of hydrogen-bond donors (Lipinski definition) is 1. The third-order valence-corrected chi connectivity index (χ3v) is 4.61. The Kier molecular flexibility index (Phi) is 4.63. The largest absolute Gasteiger partial charge is 0.465 e. The fourth-order valence-corrected chi connectivity index (χ4v) is 3.49. The lowest BCUT2D eigenvalue weighted by Crippen LogP contribution is -2.34. The molecule has 19 heavy (non-hydrogen) atoms. The first kappa shape index (κ1) is 14.1. The van der Waals surface area contributed by atoms with E-state index in [4.69, 9.17) is 10.5 Å². The molecule has 2 rings (SSSR count). The van der Waals surface area contributed by atoms with Crippen molar-refractivity contribution in [1.29, 1.82) is 0 Å². The van der Waals surface area contributed by atoms with Crippen LogP contribution in [-0.4, -0.2) is 30.5 Å². The summed E-state index contributed by atoms with van der Waals surface area (Å²) in [7, 11) is 1.37. The van der Waals surface area contributed by atoms with Crippen LogP contribution in [0.2, 0.25) is 0 Å². The molecule has 0 radical (unpaired) electrons. The normalized spacial score (nSPS) is 16.6. The Morgan fingerprint density at radius 1 is 1.53 bits per heavy atom. The third kappa shape index (κ3) is 3.00. The first-order valence-electron chi connectivity index (χ1n) is 6.75. The Morgan fingerprint density at radius 3 is 2.79 bits per heavy atom. The van der Waals surface area contributed by atoms with E-state index in [9.17, 15) is 4.79 Å². The van der Waals surface area contributed by atoms with Crippen LogP contribution >= 0.6 is 11.5 Å². The molecule has 0 amide bonds. The summed E-state index contributed by atoms with van der Waals surface area (Å²) < 4.78 is 8.88. The number of esters is 1. The molecule has 0 aromatic carbocycles. The number of carbonyl (C=O) groups excluding carboxylic acids is 1. The minimum atomic E-state index is -0.392. The molecule has 2 N–H and O–H groups in total. The van der Waals surface area contributed by atoms with Gasteiger partial charge in [0.1, 0.15) is 10.6 Å². The van der Waals surface area contributed by atoms with Gasteiger partial charge in [0, 0.05) is 13.1 Å². The maximum Gasteiger partial charge on any atom is 0.344 e. The van der Waals surface area contributed by atoms with Gasteiger partial charge in [-0.25, -0.2) is 4.79 Å². The highest BCUT2D eigenvalue weighted by molar-refractivity contribution is 7.11. The molecule has 0 atom stereocenters. The van der Waals surface area contributed by atoms with Crippen LogP contribution in [0.5, 0.6) is 0 Å². The van der Waals surface area contributed by atoms with Crippen molar-refractivity contribution in [3.63, 3.8) is 0 Å². The van der Waals surface area contributed by atoms with Crippen molar-refractivity contribution in [1.82, 2.24) is 4.37 Å². The molecule has 0 aliphatic carbocycles. The summed E-state index contributed by atoms with van der Waals surface area (Å²) in [6.07, 6.45) is 4.88. The molecule has 0 unspecified atom stereocenters.